The molecule has 0 radical (unpaired) electrons. The monoisotopic (exact) mass is 323 g/mol. The van der Waals surface area contributed by atoms with Gasteiger partial charge in [-0.3, -0.25) is 4.98 Å². The Labute approximate surface area is 141 Å². The van der Waals surface area contributed by atoms with Gasteiger partial charge >= 0.3 is 0 Å². The Balaban J connectivity index is 1.80. The summed E-state index contributed by atoms with van der Waals surface area (Å²) in [5.74, 6) is 0. The van der Waals surface area contributed by atoms with Crippen molar-refractivity contribution in [3.63, 3.8) is 0 Å². The van der Waals surface area contributed by atoms with E-state index in [1.54, 1.807) is 0 Å². The molecule has 0 unspecified atom stereocenters. The summed E-state index contributed by atoms with van der Waals surface area (Å²) in [6.07, 6.45) is 3.40. The summed E-state index contributed by atoms with van der Waals surface area (Å²) >= 11 is 6.06. The van der Waals surface area contributed by atoms with Crippen molar-refractivity contribution in [2.75, 3.05) is 6.61 Å². The Morgan fingerprint density at radius 3 is 2.39 bits per heavy atom. The summed E-state index contributed by atoms with van der Waals surface area (Å²) in [6.45, 7) is 0.187. The van der Waals surface area contributed by atoms with Gasteiger partial charge in [-0.15, -0.1) is 0 Å². The van der Waals surface area contributed by atoms with Crippen molar-refractivity contribution >= 4 is 11.6 Å². The van der Waals surface area contributed by atoms with Crippen LogP contribution in [-0.2, 0) is 12.8 Å². The number of benzene rings is 2. The molecule has 3 aromatic rings. The first-order valence-corrected chi connectivity index (χ1v) is 8.02. The minimum atomic E-state index is 0.187. The largest absolute Gasteiger partial charge is 0.396 e. The third kappa shape index (κ3) is 4.19. The fraction of sp³-hybridized carbons (Fsp3) is 0.150. The molecule has 0 amide bonds. The molecule has 3 heteroatoms. The number of nitrogens with zero attached hydrogens (tertiary/aromatic N) is 1. The van der Waals surface area contributed by atoms with E-state index in [0.717, 1.165) is 23.2 Å². The zero-order valence-corrected chi connectivity index (χ0v) is 13.5. The first kappa shape index (κ1) is 15.7. The number of halogens is 1. The van der Waals surface area contributed by atoms with Crippen molar-refractivity contribution in [3.8, 4) is 11.3 Å². The molecule has 23 heavy (non-hydrogen) atoms. The van der Waals surface area contributed by atoms with Gasteiger partial charge in [0.15, 0.2) is 0 Å². The van der Waals surface area contributed by atoms with Gasteiger partial charge in [-0.1, -0.05) is 48.0 Å². The van der Waals surface area contributed by atoms with Gasteiger partial charge in [-0.2, -0.15) is 0 Å². The fourth-order valence-electron chi connectivity index (χ4n) is 2.58. The molecule has 0 spiro atoms. The van der Waals surface area contributed by atoms with Gasteiger partial charge in [0.2, 0.25) is 0 Å². The van der Waals surface area contributed by atoms with Gasteiger partial charge in [0, 0.05) is 23.4 Å². The highest BCUT2D eigenvalue weighted by atomic mass is 35.5. The SMILES string of the molecule is OCCc1ccc(Cc2ccnc(-c3cccc(Cl)c3)c2)cc1. The standard InChI is InChI=1S/C20H18ClNO/c21-19-3-1-2-18(14-19)20-13-17(8-10-22-20)12-16-6-4-15(5-7-16)9-11-23/h1-8,10,13-14,23H,9,11-12H2. The molecule has 116 valence electrons. The van der Waals surface area contributed by atoms with Crippen LogP contribution < -0.4 is 0 Å². The fourth-order valence-corrected chi connectivity index (χ4v) is 2.77. The molecule has 0 aliphatic heterocycles. The Morgan fingerprint density at radius 2 is 1.65 bits per heavy atom. The van der Waals surface area contributed by atoms with Crippen LogP contribution in [0, 0.1) is 0 Å². The van der Waals surface area contributed by atoms with Crippen LogP contribution in [0.25, 0.3) is 11.3 Å². The highest BCUT2D eigenvalue weighted by molar-refractivity contribution is 6.30. The van der Waals surface area contributed by atoms with E-state index in [2.05, 4.69) is 35.3 Å². The van der Waals surface area contributed by atoms with Crippen LogP contribution in [0.2, 0.25) is 5.02 Å². The number of hydrogen-bond donors (Lipinski definition) is 1. The first-order valence-electron chi connectivity index (χ1n) is 7.64. The highest BCUT2D eigenvalue weighted by Gasteiger charge is 2.03. The molecule has 0 saturated carbocycles. The van der Waals surface area contributed by atoms with Gasteiger partial charge in [0.1, 0.15) is 0 Å². The quantitative estimate of drug-likeness (QED) is 0.748. The summed E-state index contributed by atoms with van der Waals surface area (Å²) in [5.41, 5.74) is 5.57. The smallest absolute Gasteiger partial charge is 0.0705 e. The van der Waals surface area contributed by atoms with E-state index in [1.807, 2.05) is 36.5 Å². The summed E-state index contributed by atoms with van der Waals surface area (Å²) in [5, 5.41) is 9.68. The molecule has 0 saturated heterocycles. The predicted molar refractivity (Wildman–Crippen MR) is 94.7 cm³/mol. The molecule has 2 aromatic carbocycles. The van der Waals surface area contributed by atoms with Crippen molar-refractivity contribution in [2.24, 2.45) is 0 Å². The molecule has 1 aromatic heterocycles. The lowest BCUT2D eigenvalue weighted by Crippen LogP contribution is -1.93. The second-order valence-corrected chi connectivity index (χ2v) is 5.96. The number of rotatable bonds is 5. The van der Waals surface area contributed by atoms with Crippen molar-refractivity contribution in [1.82, 2.24) is 4.98 Å². The lowest BCUT2D eigenvalue weighted by Gasteiger charge is -2.07. The van der Waals surface area contributed by atoms with Crippen LogP contribution in [0.3, 0.4) is 0 Å². The summed E-state index contributed by atoms with van der Waals surface area (Å²) in [7, 11) is 0. The lowest BCUT2D eigenvalue weighted by atomic mass is 10.0. The third-order valence-electron chi connectivity index (χ3n) is 3.78. The van der Waals surface area contributed by atoms with E-state index < -0.39 is 0 Å². The zero-order chi connectivity index (χ0) is 16.1. The molecule has 0 aliphatic carbocycles. The Kier molecular flexibility index (Phi) is 5.06. The average Bonchev–Trinajstić information content (AvgIpc) is 2.57. The summed E-state index contributed by atoms with van der Waals surface area (Å²) in [4.78, 5) is 4.44. The Morgan fingerprint density at radius 1 is 0.870 bits per heavy atom. The second-order valence-electron chi connectivity index (χ2n) is 5.53. The van der Waals surface area contributed by atoms with Crippen LogP contribution >= 0.6 is 11.6 Å². The van der Waals surface area contributed by atoms with Gasteiger partial charge in [-0.05, 0) is 53.8 Å². The number of pyridine rings is 1. The first-order chi connectivity index (χ1) is 11.2. The van der Waals surface area contributed by atoms with Gasteiger partial charge < -0.3 is 5.11 Å². The number of aliphatic hydroxyl groups excluding tert-OH is 1. The molecular formula is C20H18ClNO. The van der Waals surface area contributed by atoms with Crippen molar-refractivity contribution in [3.05, 3.63) is 88.6 Å². The second kappa shape index (κ2) is 7.40. The van der Waals surface area contributed by atoms with Crippen LogP contribution in [0.15, 0.2) is 66.9 Å². The third-order valence-corrected chi connectivity index (χ3v) is 4.01. The minimum Gasteiger partial charge on any atom is -0.396 e. The lowest BCUT2D eigenvalue weighted by molar-refractivity contribution is 0.299. The van der Waals surface area contributed by atoms with E-state index >= 15 is 0 Å². The zero-order valence-electron chi connectivity index (χ0n) is 12.7. The molecule has 0 atom stereocenters. The number of aromatic nitrogens is 1. The molecule has 0 aliphatic rings. The number of aliphatic hydroxyl groups is 1. The highest BCUT2D eigenvalue weighted by Crippen LogP contribution is 2.22. The molecule has 0 bridgehead atoms. The predicted octanol–water partition coefficient (Wildman–Crippen LogP) is 4.53. The summed E-state index contributed by atoms with van der Waals surface area (Å²) in [6, 6.07) is 20.3. The molecular weight excluding hydrogens is 306 g/mol. The molecule has 1 heterocycles. The Hall–Kier alpha value is -2.16. The molecule has 3 rings (SSSR count). The minimum absolute atomic E-state index is 0.187. The Bertz CT molecular complexity index is 784. The molecule has 2 nitrogen and oxygen atoms in total. The maximum absolute atomic E-state index is 8.97. The van der Waals surface area contributed by atoms with Crippen molar-refractivity contribution < 1.29 is 5.11 Å². The van der Waals surface area contributed by atoms with Crippen LogP contribution in [0.4, 0.5) is 0 Å². The topological polar surface area (TPSA) is 33.1 Å². The maximum atomic E-state index is 8.97. The average molecular weight is 324 g/mol. The van der Waals surface area contributed by atoms with E-state index in [9.17, 15) is 0 Å². The van der Waals surface area contributed by atoms with E-state index in [-0.39, 0.29) is 6.61 Å². The van der Waals surface area contributed by atoms with Crippen molar-refractivity contribution in [1.29, 1.82) is 0 Å². The van der Waals surface area contributed by atoms with E-state index in [0.29, 0.717) is 11.4 Å². The van der Waals surface area contributed by atoms with E-state index in [4.69, 9.17) is 16.7 Å². The number of hydrogen-bond acceptors (Lipinski definition) is 2. The summed E-state index contributed by atoms with van der Waals surface area (Å²) < 4.78 is 0. The van der Waals surface area contributed by atoms with Crippen LogP contribution in [-0.4, -0.2) is 16.7 Å². The molecule has 0 fully saturated rings. The molecule has 1 N–H and O–H groups in total. The van der Waals surface area contributed by atoms with Gasteiger partial charge in [-0.25, -0.2) is 0 Å². The van der Waals surface area contributed by atoms with Gasteiger partial charge in [0.25, 0.3) is 0 Å². The van der Waals surface area contributed by atoms with Crippen LogP contribution in [0.5, 0.6) is 0 Å². The van der Waals surface area contributed by atoms with Gasteiger partial charge in [0.05, 0.1) is 5.69 Å². The van der Waals surface area contributed by atoms with Crippen LogP contribution in [0.1, 0.15) is 16.7 Å². The van der Waals surface area contributed by atoms with Crippen molar-refractivity contribution in [2.45, 2.75) is 12.8 Å². The maximum Gasteiger partial charge on any atom is 0.0705 e. The normalized spacial score (nSPS) is 10.7. The van der Waals surface area contributed by atoms with E-state index in [1.165, 1.54) is 11.1 Å².